The Morgan fingerprint density at radius 3 is 2.95 bits per heavy atom. The van der Waals surface area contributed by atoms with Crippen molar-refractivity contribution < 1.29 is 8.81 Å². The van der Waals surface area contributed by atoms with E-state index < -0.39 is 0 Å². The molecule has 3 rings (SSSR count). The summed E-state index contributed by atoms with van der Waals surface area (Å²) in [5, 5.41) is 9.29. The van der Waals surface area contributed by atoms with Crippen LogP contribution in [-0.2, 0) is 6.54 Å². The molecule has 3 aromatic rings. The molecule has 0 saturated carbocycles. The second-order valence-electron chi connectivity index (χ2n) is 4.20. The number of aromatic nitrogens is 3. The quantitative estimate of drug-likeness (QED) is 0.743. The lowest BCUT2D eigenvalue weighted by Crippen LogP contribution is -2.15. The minimum absolute atomic E-state index is 0.153. The largest absolute Gasteiger partial charge is 0.424 e. The summed E-state index contributed by atoms with van der Waals surface area (Å²) in [4.78, 5) is 11.8. The smallest absolute Gasteiger partial charge is 0.308 e. The summed E-state index contributed by atoms with van der Waals surface area (Å²) in [6.45, 7) is 1.86. The van der Waals surface area contributed by atoms with Crippen molar-refractivity contribution >= 4 is 11.3 Å². The van der Waals surface area contributed by atoms with E-state index in [0.717, 1.165) is 11.3 Å². The summed E-state index contributed by atoms with van der Waals surface area (Å²) in [6, 6.07) is 6.10. The van der Waals surface area contributed by atoms with E-state index >= 15 is 0 Å². The maximum absolute atomic E-state index is 13.3. The van der Waals surface area contributed by atoms with E-state index in [9.17, 15) is 9.18 Å². The van der Waals surface area contributed by atoms with Crippen molar-refractivity contribution in [3.8, 4) is 11.3 Å². The molecule has 0 radical (unpaired) electrons. The molecule has 102 valence electrons. The van der Waals surface area contributed by atoms with Gasteiger partial charge in [-0.2, -0.15) is 0 Å². The Labute approximate surface area is 117 Å². The van der Waals surface area contributed by atoms with Crippen LogP contribution in [0.2, 0.25) is 0 Å². The van der Waals surface area contributed by atoms with Crippen LogP contribution < -0.4 is 4.87 Å². The number of nitrogens with zero attached hydrogens (tertiary/aromatic N) is 3. The molecule has 0 aliphatic carbocycles. The third-order valence-electron chi connectivity index (χ3n) is 2.76. The van der Waals surface area contributed by atoms with E-state index in [-0.39, 0.29) is 17.2 Å². The van der Waals surface area contributed by atoms with Crippen LogP contribution in [0, 0.1) is 12.7 Å². The minimum Gasteiger partial charge on any atom is -0.424 e. The van der Waals surface area contributed by atoms with Gasteiger partial charge in [-0.1, -0.05) is 23.5 Å². The van der Waals surface area contributed by atoms with Crippen LogP contribution in [0.4, 0.5) is 4.39 Å². The first kappa shape index (κ1) is 12.7. The van der Waals surface area contributed by atoms with Gasteiger partial charge in [-0.05, 0) is 12.1 Å². The molecule has 0 N–H and O–H groups in total. The van der Waals surface area contributed by atoms with Gasteiger partial charge in [-0.15, -0.1) is 10.2 Å². The van der Waals surface area contributed by atoms with Crippen LogP contribution in [-0.4, -0.2) is 14.8 Å². The highest BCUT2D eigenvalue weighted by atomic mass is 32.1. The Hall–Kier alpha value is -2.28. The van der Waals surface area contributed by atoms with Crippen molar-refractivity contribution in [2.24, 2.45) is 0 Å². The Morgan fingerprint density at radius 1 is 1.40 bits per heavy atom. The maximum Gasteiger partial charge on any atom is 0.308 e. The highest BCUT2D eigenvalue weighted by Crippen LogP contribution is 2.21. The van der Waals surface area contributed by atoms with Crippen LogP contribution >= 0.6 is 11.3 Å². The number of thiazole rings is 1. The first-order valence-electron chi connectivity index (χ1n) is 5.87. The van der Waals surface area contributed by atoms with Crippen molar-refractivity contribution in [1.29, 1.82) is 0 Å². The predicted molar refractivity (Wildman–Crippen MR) is 72.1 cm³/mol. The van der Waals surface area contributed by atoms with Crippen LogP contribution in [0.1, 0.15) is 11.8 Å². The molecule has 7 heteroatoms. The van der Waals surface area contributed by atoms with Crippen molar-refractivity contribution in [3.63, 3.8) is 0 Å². The second kappa shape index (κ2) is 5.01. The molecular weight excluding hydrogens is 281 g/mol. The molecule has 0 spiro atoms. The van der Waals surface area contributed by atoms with Crippen LogP contribution in [0.15, 0.2) is 38.9 Å². The number of aryl methyl sites for hydroxylation is 1. The zero-order valence-corrected chi connectivity index (χ0v) is 11.4. The minimum atomic E-state index is -0.346. The third-order valence-corrected chi connectivity index (χ3v) is 3.53. The van der Waals surface area contributed by atoms with Crippen molar-refractivity contribution in [3.05, 3.63) is 56.9 Å². The van der Waals surface area contributed by atoms with Crippen molar-refractivity contribution in [2.75, 3.05) is 0 Å². The molecule has 0 saturated heterocycles. The van der Waals surface area contributed by atoms with Crippen molar-refractivity contribution in [2.45, 2.75) is 13.5 Å². The van der Waals surface area contributed by atoms with Gasteiger partial charge in [-0.3, -0.25) is 9.36 Å². The van der Waals surface area contributed by atoms with Gasteiger partial charge in [0.15, 0.2) is 0 Å². The zero-order valence-electron chi connectivity index (χ0n) is 10.5. The normalized spacial score (nSPS) is 10.9. The summed E-state index contributed by atoms with van der Waals surface area (Å²) < 4.78 is 20.1. The van der Waals surface area contributed by atoms with E-state index in [1.807, 2.05) is 0 Å². The van der Waals surface area contributed by atoms with Gasteiger partial charge in [0.05, 0.1) is 5.69 Å². The average Bonchev–Trinajstić information content (AvgIpc) is 2.98. The van der Waals surface area contributed by atoms with Gasteiger partial charge >= 0.3 is 4.87 Å². The van der Waals surface area contributed by atoms with Crippen LogP contribution in [0.3, 0.4) is 0 Å². The monoisotopic (exact) mass is 291 g/mol. The van der Waals surface area contributed by atoms with E-state index in [2.05, 4.69) is 10.2 Å². The molecule has 0 atom stereocenters. The van der Waals surface area contributed by atoms with Gasteiger partial charge < -0.3 is 4.42 Å². The molecule has 5 nitrogen and oxygen atoms in total. The molecule has 0 aliphatic rings. The van der Waals surface area contributed by atoms with Crippen LogP contribution in [0.25, 0.3) is 11.3 Å². The first-order valence-corrected chi connectivity index (χ1v) is 6.75. The zero-order chi connectivity index (χ0) is 14.1. The Balaban J connectivity index is 2.03. The summed E-state index contributed by atoms with van der Waals surface area (Å²) in [5.41, 5.74) is 1.27. The molecule has 2 heterocycles. The van der Waals surface area contributed by atoms with Crippen molar-refractivity contribution in [1.82, 2.24) is 14.8 Å². The summed E-state index contributed by atoms with van der Waals surface area (Å²) in [7, 11) is 0. The fourth-order valence-corrected chi connectivity index (χ4v) is 2.66. The fraction of sp³-hybridized carbons (Fsp3) is 0.154. The molecule has 1 aromatic carbocycles. The van der Waals surface area contributed by atoms with Gasteiger partial charge in [0.25, 0.3) is 0 Å². The van der Waals surface area contributed by atoms with Gasteiger partial charge in [0.1, 0.15) is 12.4 Å². The topological polar surface area (TPSA) is 60.9 Å². The fourth-order valence-electron chi connectivity index (χ4n) is 1.89. The van der Waals surface area contributed by atoms with E-state index in [1.54, 1.807) is 24.4 Å². The Morgan fingerprint density at radius 2 is 2.25 bits per heavy atom. The predicted octanol–water partition coefficient (Wildman–Crippen LogP) is 2.46. The third kappa shape index (κ3) is 2.39. The van der Waals surface area contributed by atoms with Crippen LogP contribution in [0.5, 0.6) is 0 Å². The number of hydrogen-bond donors (Lipinski definition) is 0. The molecule has 0 amide bonds. The van der Waals surface area contributed by atoms with Gasteiger partial charge in [-0.25, -0.2) is 4.39 Å². The lowest BCUT2D eigenvalue weighted by atomic mass is 10.1. The standard InChI is InChI=1S/C13H10FN3O2S/c1-8-15-16-12(19-8)6-17-11(7-20-13(17)18)9-3-2-4-10(14)5-9/h2-5,7H,6H2,1H3. The number of halogens is 1. The molecule has 0 fully saturated rings. The highest BCUT2D eigenvalue weighted by molar-refractivity contribution is 7.07. The summed E-state index contributed by atoms with van der Waals surface area (Å²) >= 11 is 1.05. The lowest BCUT2D eigenvalue weighted by molar-refractivity contribution is 0.454. The highest BCUT2D eigenvalue weighted by Gasteiger charge is 2.13. The number of hydrogen-bond acceptors (Lipinski definition) is 5. The molecule has 2 aromatic heterocycles. The SMILES string of the molecule is Cc1nnc(Cn2c(-c3cccc(F)c3)csc2=O)o1. The number of benzene rings is 1. The Kier molecular flexibility index (Phi) is 3.19. The second-order valence-corrected chi connectivity index (χ2v) is 5.02. The molecule has 0 unspecified atom stereocenters. The van der Waals surface area contributed by atoms with E-state index in [4.69, 9.17) is 4.42 Å². The molecule has 20 heavy (non-hydrogen) atoms. The van der Waals surface area contributed by atoms with Gasteiger partial charge in [0, 0.05) is 17.9 Å². The average molecular weight is 291 g/mol. The Bertz CT molecular complexity index is 806. The van der Waals surface area contributed by atoms with E-state index in [1.165, 1.54) is 16.7 Å². The molecule has 0 aliphatic heterocycles. The maximum atomic E-state index is 13.3. The summed E-state index contributed by atoms with van der Waals surface area (Å²) in [6.07, 6.45) is 0. The molecular formula is C13H10FN3O2S. The molecule has 0 bridgehead atoms. The van der Waals surface area contributed by atoms with E-state index in [0.29, 0.717) is 23.0 Å². The van der Waals surface area contributed by atoms with Gasteiger partial charge in [0.2, 0.25) is 11.8 Å². The number of rotatable bonds is 3. The first-order chi connectivity index (χ1) is 9.63. The lowest BCUT2D eigenvalue weighted by Gasteiger charge is -2.05. The summed E-state index contributed by atoms with van der Waals surface area (Å²) in [5.74, 6) is 0.442.